The molecule has 0 saturated heterocycles. The van der Waals surface area contributed by atoms with Crippen LogP contribution in [0.15, 0.2) is 18.2 Å². The van der Waals surface area contributed by atoms with Crippen LogP contribution in [0.25, 0.3) is 0 Å². The largest absolute Gasteiger partial charge is 0.507 e. The number of hydrogen-bond donors (Lipinski definition) is 1. The first-order valence-corrected chi connectivity index (χ1v) is 4.22. The van der Waals surface area contributed by atoms with Crippen molar-refractivity contribution in [1.82, 2.24) is 0 Å². The first kappa shape index (κ1) is 10.9. The van der Waals surface area contributed by atoms with E-state index in [0.29, 0.717) is 5.56 Å². The number of rotatable bonds is 1. The summed E-state index contributed by atoms with van der Waals surface area (Å²) in [5, 5.41) is 9.03. The van der Waals surface area contributed by atoms with Crippen LogP contribution in [0.4, 0.5) is 13.2 Å². The zero-order valence-electron chi connectivity index (χ0n) is 7.89. The second-order valence-corrected chi connectivity index (χ2v) is 3.43. The molecule has 1 N–H and O–H groups in total. The number of halogens is 3. The Morgan fingerprint density at radius 3 is 2.21 bits per heavy atom. The zero-order chi connectivity index (χ0) is 10.9. The van der Waals surface area contributed by atoms with Crippen LogP contribution < -0.4 is 0 Å². The highest BCUT2D eigenvalue weighted by atomic mass is 19.4. The number of hydrogen-bond acceptors (Lipinski definition) is 1. The van der Waals surface area contributed by atoms with Crippen molar-refractivity contribution in [3.05, 3.63) is 29.3 Å². The van der Waals surface area contributed by atoms with E-state index in [2.05, 4.69) is 0 Å². The molecule has 0 bridgehead atoms. The molecule has 0 unspecified atom stereocenters. The summed E-state index contributed by atoms with van der Waals surface area (Å²) in [7, 11) is 0. The number of phenolic OH excluding ortho intramolecular Hbond substituents is 1. The van der Waals surface area contributed by atoms with Crippen LogP contribution >= 0.6 is 0 Å². The highest BCUT2D eigenvalue weighted by molar-refractivity contribution is 5.39. The summed E-state index contributed by atoms with van der Waals surface area (Å²) in [6.07, 6.45) is -4.49. The SMILES string of the molecule is CC(C)c1ccc(O)c(C(F)(F)F)c1. The molecule has 0 fully saturated rings. The zero-order valence-corrected chi connectivity index (χ0v) is 7.89. The summed E-state index contributed by atoms with van der Waals surface area (Å²) in [4.78, 5) is 0. The van der Waals surface area contributed by atoms with E-state index >= 15 is 0 Å². The predicted molar refractivity (Wildman–Crippen MR) is 47.2 cm³/mol. The fraction of sp³-hybridized carbons (Fsp3) is 0.400. The molecule has 0 heterocycles. The van der Waals surface area contributed by atoms with Gasteiger partial charge in [0.15, 0.2) is 0 Å². The van der Waals surface area contributed by atoms with Crippen molar-refractivity contribution in [2.24, 2.45) is 0 Å². The monoisotopic (exact) mass is 204 g/mol. The minimum Gasteiger partial charge on any atom is -0.507 e. The molecule has 0 aromatic heterocycles. The molecular formula is C10H11F3O. The highest BCUT2D eigenvalue weighted by Crippen LogP contribution is 2.37. The van der Waals surface area contributed by atoms with Gasteiger partial charge in [0.2, 0.25) is 0 Å². The van der Waals surface area contributed by atoms with E-state index in [4.69, 9.17) is 5.11 Å². The van der Waals surface area contributed by atoms with Gasteiger partial charge in [0.05, 0.1) is 5.56 Å². The van der Waals surface area contributed by atoms with Crippen LogP contribution in [-0.2, 0) is 6.18 Å². The van der Waals surface area contributed by atoms with Crippen LogP contribution in [-0.4, -0.2) is 5.11 Å². The smallest absolute Gasteiger partial charge is 0.419 e. The van der Waals surface area contributed by atoms with E-state index in [1.807, 2.05) is 0 Å². The molecule has 0 amide bonds. The van der Waals surface area contributed by atoms with E-state index in [1.165, 1.54) is 6.07 Å². The molecule has 0 aliphatic rings. The van der Waals surface area contributed by atoms with Crippen molar-refractivity contribution in [3.8, 4) is 5.75 Å². The lowest BCUT2D eigenvalue weighted by Crippen LogP contribution is -2.06. The van der Waals surface area contributed by atoms with Crippen LogP contribution in [0.3, 0.4) is 0 Å². The maximum atomic E-state index is 12.3. The van der Waals surface area contributed by atoms with Gasteiger partial charge in [-0.25, -0.2) is 0 Å². The number of phenols is 1. The molecule has 0 aliphatic carbocycles. The van der Waals surface area contributed by atoms with Gasteiger partial charge in [0.1, 0.15) is 5.75 Å². The van der Waals surface area contributed by atoms with Gasteiger partial charge >= 0.3 is 6.18 Å². The molecule has 14 heavy (non-hydrogen) atoms. The molecule has 0 saturated carbocycles. The third-order valence-corrected chi connectivity index (χ3v) is 1.99. The van der Waals surface area contributed by atoms with Gasteiger partial charge in [-0.2, -0.15) is 13.2 Å². The van der Waals surface area contributed by atoms with Crippen molar-refractivity contribution in [3.63, 3.8) is 0 Å². The molecule has 0 radical (unpaired) electrons. The Kier molecular flexibility index (Phi) is 2.73. The number of alkyl halides is 3. The van der Waals surface area contributed by atoms with Crippen LogP contribution in [0.5, 0.6) is 5.75 Å². The van der Waals surface area contributed by atoms with Gasteiger partial charge in [-0.05, 0) is 23.6 Å². The normalized spacial score (nSPS) is 12.1. The number of benzene rings is 1. The minimum absolute atomic E-state index is 0.0108. The Morgan fingerprint density at radius 2 is 1.79 bits per heavy atom. The molecule has 4 heteroatoms. The molecule has 1 aromatic carbocycles. The summed E-state index contributed by atoms with van der Waals surface area (Å²) >= 11 is 0. The molecule has 0 spiro atoms. The third kappa shape index (κ3) is 2.19. The lowest BCUT2D eigenvalue weighted by molar-refractivity contribution is -0.138. The summed E-state index contributed by atoms with van der Waals surface area (Å²) in [5.41, 5.74) is -0.404. The van der Waals surface area contributed by atoms with E-state index in [9.17, 15) is 13.2 Å². The van der Waals surface area contributed by atoms with E-state index in [0.717, 1.165) is 12.1 Å². The predicted octanol–water partition coefficient (Wildman–Crippen LogP) is 3.53. The van der Waals surface area contributed by atoms with Crippen molar-refractivity contribution >= 4 is 0 Å². The van der Waals surface area contributed by atoms with Gasteiger partial charge in [0.25, 0.3) is 0 Å². The summed E-state index contributed by atoms with van der Waals surface area (Å²) in [6.45, 7) is 3.60. The van der Waals surface area contributed by atoms with Gasteiger partial charge in [-0.1, -0.05) is 19.9 Å². The Hall–Kier alpha value is -1.19. The molecule has 1 rings (SSSR count). The average Bonchev–Trinajstić information content (AvgIpc) is 2.02. The van der Waals surface area contributed by atoms with Gasteiger partial charge in [0, 0.05) is 0 Å². The molecular weight excluding hydrogens is 193 g/mol. The van der Waals surface area contributed by atoms with Gasteiger partial charge in [-0.15, -0.1) is 0 Å². The molecule has 1 aromatic rings. The van der Waals surface area contributed by atoms with Crippen LogP contribution in [0.2, 0.25) is 0 Å². The quantitative estimate of drug-likeness (QED) is 0.741. The average molecular weight is 204 g/mol. The highest BCUT2D eigenvalue weighted by Gasteiger charge is 2.34. The third-order valence-electron chi connectivity index (χ3n) is 1.99. The second kappa shape index (κ2) is 3.52. The minimum atomic E-state index is -4.49. The summed E-state index contributed by atoms with van der Waals surface area (Å²) in [6, 6.07) is 3.56. The second-order valence-electron chi connectivity index (χ2n) is 3.43. The van der Waals surface area contributed by atoms with Gasteiger partial charge < -0.3 is 5.11 Å². The molecule has 78 valence electrons. The van der Waals surface area contributed by atoms with Gasteiger partial charge in [-0.3, -0.25) is 0 Å². The Labute approximate surface area is 80.2 Å². The van der Waals surface area contributed by atoms with Crippen molar-refractivity contribution in [1.29, 1.82) is 0 Å². The number of aromatic hydroxyl groups is 1. The molecule has 0 atom stereocenters. The van der Waals surface area contributed by atoms with E-state index < -0.39 is 17.5 Å². The molecule has 1 nitrogen and oxygen atoms in total. The maximum absolute atomic E-state index is 12.3. The van der Waals surface area contributed by atoms with E-state index in [1.54, 1.807) is 13.8 Å². The fourth-order valence-corrected chi connectivity index (χ4v) is 1.14. The first-order valence-electron chi connectivity index (χ1n) is 4.22. The first-order chi connectivity index (χ1) is 6.32. The lowest BCUT2D eigenvalue weighted by Gasteiger charge is -2.12. The fourth-order valence-electron chi connectivity index (χ4n) is 1.14. The lowest BCUT2D eigenvalue weighted by atomic mass is 10.00. The van der Waals surface area contributed by atoms with Crippen molar-refractivity contribution < 1.29 is 18.3 Å². The molecule has 0 aliphatic heterocycles. The summed E-state index contributed by atoms with van der Waals surface area (Å²) < 4.78 is 37.0. The maximum Gasteiger partial charge on any atom is 0.419 e. The van der Waals surface area contributed by atoms with Crippen LogP contribution in [0.1, 0.15) is 30.9 Å². The standard InChI is InChI=1S/C10H11F3O/c1-6(2)7-3-4-9(14)8(5-7)10(11,12)13/h3-6,14H,1-2H3. The van der Waals surface area contributed by atoms with Crippen LogP contribution in [0, 0.1) is 0 Å². The van der Waals surface area contributed by atoms with Crippen molar-refractivity contribution in [2.45, 2.75) is 25.9 Å². The van der Waals surface area contributed by atoms with E-state index in [-0.39, 0.29) is 5.92 Å². The Bertz CT molecular complexity index is 329. The Balaban J connectivity index is 3.22. The topological polar surface area (TPSA) is 20.2 Å². The van der Waals surface area contributed by atoms with Crippen molar-refractivity contribution in [2.75, 3.05) is 0 Å². The summed E-state index contributed by atoms with van der Waals surface area (Å²) in [5.74, 6) is -0.710. The Morgan fingerprint density at radius 1 is 1.21 bits per heavy atom.